The van der Waals surface area contributed by atoms with Crippen LogP contribution in [0.4, 0.5) is 0 Å². The van der Waals surface area contributed by atoms with E-state index >= 15 is 0 Å². The Morgan fingerprint density at radius 3 is 2.50 bits per heavy atom. The second kappa shape index (κ2) is 8.32. The van der Waals surface area contributed by atoms with Crippen molar-refractivity contribution in [3.8, 4) is 5.75 Å². The van der Waals surface area contributed by atoms with Crippen LogP contribution in [0.15, 0.2) is 23.1 Å². The molecule has 1 aliphatic heterocycles. The summed E-state index contributed by atoms with van der Waals surface area (Å²) in [6.07, 6.45) is 2.86. The second-order valence-corrected chi connectivity index (χ2v) is 8.50. The zero-order valence-corrected chi connectivity index (χ0v) is 16.0. The third-order valence-electron chi connectivity index (χ3n) is 4.87. The number of nitrogens with zero attached hydrogens (tertiary/aromatic N) is 1. The maximum atomic E-state index is 12.7. The van der Waals surface area contributed by atoms with E-state index in [-0.39, 0.29) is 4.90 Å². The molecule has 24 heavy (non-hydrogen) atoms. The predicted molar refractivity (Wildman–Crippen MR) is 97.0 cm³/mol. The highest BCUT2D eigenvalue weighted by atomic mass is 32.2. The molecule has 0 aliphatic carbocycles. The molecule has 0 saturated carbocycles. The van der Waals surface area contributed by atoms with E-state index in [1.54, 1.807) is 12.1 Å². The van der Waals surface area contributed by atoms with E-state index < -0.39 is 10.0 Å². The van der Waals surface area contributed by atoms with Crippen molar-refractivity contribution in [3.05, 3.63) is 23.8 Å². The average Bonchev–Trinajstić information content (AvgIpc) is 2.59. The number of methoxy groups -OCH3 is 1. The van der Waals surface area contributed by atoms with Crippen LogP contribution >= 0.6 is 0 Å². The van der Waals surface area contributed by atoms with E-state index in [4.69, 9.17) is 4.74 Å². The van der Waals surface area contributed by atoms with Crippen molar-refractivity contribution in [2.75, 3.05) is 26.7 Å². The molecule has 0 bridgehead atoms. The Morgan fingerprint density at radius 2 is 1.96 bits per heavy atom. The van der Waals surface area contributed by atoms with Crippen molar-refractivity contribution in [2.24, 2.45) is 5.92 Å². The summed E-state index contributed by atoms with van der Waals surface area (Å²) in [5.74, 6) is 0.796. The van der Waals surface area contributed by atoms with Crippen LogP contribution in [-0.2, 0) is 16.4 Å². The first-order valence-corrected chi connectivity index (χ1v) is 10.3. The first-order chi connectivity index (χ1) is 11.4. The third-order valence-corrected chi connectivity index (χ3v) is 6.31. The summed E-state index contributed by atoms with van der Waals surface area (Å²) in [6.45, 7) is 8.99. The molecule has 5 nitrogen and oxygen atoms in total. The Morgan fingerprint density at radius 1 is 1.29 bits per heavy atom. The molecule has 2 rings (SSSR count). The second-order valence-electron chi connectivity index (χ2n) is 6.76. The van der Waals surface area contributed by atoms with E-state index in [2.05, 4.69) is 23.5 Å². The molecule has 0 aromatic heterocycles. The van der Waals surface area contributed by atoms with Gasteiger partial charge in [-0.2, -0.15) is 0 Å². The van der Waals surface area contributed by atoms with Crippen LogP contribution in [0.3, 0.4) is 0 Å². The molecule has 1 aromatic carbocycles. The van der Waals surface area contributed by atoms with Gasteiger partial charge >= 0.3 is 0 Å². The van der Waals surface area contributed by atoms with Gasteiger partial charge in [-0.25, -0.2) is 13.1 Å². The van der Waals surface area contributed by atoms with E-state index in [0.717, 1.165) is 37.9 Å². The van der Waals surface area contributed by atoms with Gasteiger partial charge in [-0.1, -0.05) is 13.0 Å². The van der Waals surface area contributed by atoms with Crippen molar-refractivity contribution >= 4 is 10.0 Å². The Kier molecular flexibility index (Phi) is 6.66. The van der Waals surface area contributed by atoms with Crippen LogP contribution in [0.5, 0.6) is 5.75 Å². The number of hydrogen-bond donors (Lipinski definition) is 1. The summed E-state index contributed by atoms with van der Waals surface area (Å²) in [4.78, 5) is 2.68. The third kappa shape index (κ3) is 4.71. The number of rotatable bonds is 7. The Bertz CT molecular complexity index is 636. The Balaban J connectivity index is 2.02. The van der Waals surface area contributed by atoms with Crippen LogP contribution in [0.2, 0.25) is 0 Å². The summed E-state index contributed by atoms with van der Waals surface area (Å²) in [7, 11) is -2.05. The van der Waals surface area contributed by atoms with E-state index in [9.17, 15) is 8.42 Å². The Labute approximate surface area is 146 Å². The lowest BCUT2D eigenvalue weighted by atomic mass is 9.96. The molecule has 1 heterocycles. The van der Waals surface area contributed by atoms with Crippen LogP contribution in [0, 0.1) is 5.92 Å². The molecule has 0 unspecified atom stereocenters. The van der Waals surface area contributed by atoms with Gasteiger partial charge in [0.25, 0.3) is 0 Å². The maximum absolute atomic E-state index is 12.7. The Hall–Kier alpha value is -1.11. The van der Waals surface area contributed by atoms with Gasteiger partial charge in [0.05, 0.1) is 7.11 Å². The maximum Gasteiger partial charge on any atom is 0.244 e. The number of hydrogen-bond acceptors (Lipinski definition) is 4. The number of piperidine rings is 1. The summed E-state index contributed by atoms with van der Waals surface area (Å²) >= 11 is 0. The number of nitrogens with one attached hydrogen (secondary N) is 1. The molecule has 0 amide bonds. The molecule has 136 valence electrons. The molecule has 6 heteroatoms. The summed E-state index contributed by atoms with van der Waals surface area (Å²) < 4.78 is 33.4. The quantitative estimate of drug-likeness (QED) is 0.818. The van der Waals surface area contributed by atoms with Crippen molar-refractivity contribution in [1.82, 2.24) is 9.62 Å². The molecule has 1 saturated heterocycles. The summed E-state index contributed by atoms with van der Waals surface area (Å²) in [5, 5.41) is 0. The normalized spacial score (nSPS) is 17.4. The highest BCUT2D eigenvalue weighted by molar-refractivity contribution is 7.89. The van der Waals surface area contributed by atoms with Crippen LogP contribution in [-0.4, -0.2) is 46.1 Å². The van der Waals surface area contributed by atoms with Crippen molar-refractivity contribution in [3.63, 3.8) is 0 Å². The number of sulfonamides is 1. The molecule has 1 aromatic rings. The highest BCUT2D eigenvalue weighted by Gasteiger charge is 2.24. The summed E-state index contributed by atoms with van der Waals surface area (Å²) in [6, 6.07) is 5.90. The average molecular weight is 355 g/mol. The van der Waals surface area contributed by atoms with Gasteiger partial charge in [-0.15, -0.1) is 0 Å². The molecule has 0 atom stereocenters. The zero-order valence-electron chi connectivity index (χ0n) is 15.2. The first-order valence-electron chi connectivity index (χ1n) is 8.78. The molecule has 1 N–H and O–H groups in total. The zero-order chi connectivity index (χ0) is 17.7. The number of benzene rings is 1. The van der Waals surface area contributed by atoms with Gasteiger partial charge in [0.2, 0.25) is 10.0 Å². The molecule has 0 spiro atoms. The fourth-order valence-corrected chi connectivity index (χ4v) is 4.46. The molecular formula is C18H30N2O3S. The fourth-order valence-electron chi connectivity index (χ4n) is 3.13. The number of ether oxygens (including phenoxy) is 1. The van der Waals surface area contributed by atoms with Gasteiger partial charge in [0.15, 0.2) is 0 Å². The standard InChI is InChI=1S/C18H30N2O3S/c1-5-15-6-7-17(23-4)18(12-15)24(21,22)19-13-16-8-10-20(11-9-16)14(2)3/h6-7,12,14,16,19H,5,8-11,13H2,1-4H3. The predicted octanol–water partition coefficient (Wildman–Crippen LogP) is 2.66. The lowest BCUT2D eigenvalue weighted by Gasteiger charge is -2.34. The van der Waals surface area contributed by atoms with Crippen molar-refractivity contribution in [2.45, 2.75) is 51.0 Å². The smallest absolute Gasteiger partial charge is 0.244 e. The summed E-state index contributed by atoms with van der Waals surface area (Å²) in [5.41, 5.74) is 0.987. The molecule has 1 fully saturated rings. The lowest BCUT2D eigenvalue weighted by Crippen LogP contribution is -2.41. The van der Waals surface area contributed by atoms with Crippen LogP contribution in [0.25, 0.3) is 0 Å². The van der Waals surface area contributed by atoms with E-state index in [0.29, 0.717) is 24.3 Å². The highest BCUT2D eigenvalue weighted by Crippen LogP contribution is 2.26. The van der Waals surface area contributed by atoms with Crippen LogP contribution < -0.4 is 9.46 Å². The SMILES string of the molecule is CCc1ccc(OC)c(S(=O)(=O)NCC2CCN(C(C)C)CC2)c1. The minimum atomic E-state index is -3.55. The van der Waals surface area contributed by atoms with Crippen LogP contribution in [0.1, 0.15) is 39.2 Å². The monoisotopic (exact) mass is 354 g/mol. The van der Waals surface area contributed by atoms with Crippen molar-refractivity contribution < 1.29 is 13.2 Å². The molecule has 1 aliphatic rings. The van der Waals surface area contributed by atoms with E-state index in [1.165, 1.54) is 7.11 Å². The number of aryl methyl sites for hydroxylation is 1. The van der Waals surface area contributed by atoms with Gasteiger partial charge in [-0.05, 0) is 69.8 Å². The minimum absolute atomic E-state index is 0.240. The van der Waals surface area contributed by atoms with Gasteiger partial charge in [-0.3, -0.25) is 0 Å². The van der Waals surface area contributed by atoms with Gasteiger partial charge in [0, 0.05) is 12.6 Å². The number of likely N-dealkylation sites (tertiary alicyclic amines) is 1. The van der Waals surface area contributed by atoms with E-state index in [1.807, 2.05) is 13.0 Å². The molecule has 0 radical (unpaired) electrons. The van der Waals surface area contributed by atoms with Crippen molar-refractivity contribution in [1.29, 1.82) is 0 Å². The first kappa shape index (κ1) is 19.2. The van der Waals surface area contributed by atoms with Gasteiger partial charge in [0.1, 0.15) is 10.6 Å². The topological polar surface area (TPSA) is 58.6 Å². The lowest BCUT2D eigenvalue weighted by molar-refractivity contribution is 0.150. The molecular weight excluding hydrogens is 324 g/mol. The van der Waals surface area contributed by atoms with Gasteiger partial charge < -0.3 is 9.64 Å². The largest absolute Gasteiger partial charge is 0.495 e. The minimum Gasteiger partial charge on any atom is -0.495 e. The fraction of sp³-hybridized carbons (Fsp3) is 0.667.